The SMILES string of the molecule is COc1cccc(-c2cc(N)n(C3CCCCCC3)n2)c1. The number of nitrogens with zero attached hydrogens (tertiary/aromatic N) is 2. The Morgan fingerprint density at radius 3 is 2.62 bits per heavy atom. The highest BCUT2D eigenvalue weighted by atomic mass is 16.5. The first-order chi connectivity index (χ1) is 10.3. The zero-order chi connectivity index (χ0) is 14.7. The number of nitrogen functional groups attached to an aromatic ring is 1. The first-order valence-corrected chi connectivity index (χ1v) is 7.77. The zero-order valence-corrected chi connectivity index (χ0v) is 12.6. The van der Waals surface area contributed by atoms with Gasteiger partial charge in [0.25, 0.3) is 0 Å². The molecule has 1 aromatic carbocycles. The van der Waals surface area contributed by atoms with Gasteiger partial charge in [-0.2, -0.15) is 5.10 Å². The van der Waals surface area contributed by atoms with Crippen molar-refractivity contribution in [2.45, 2.75) is 44.6 Å². The molecular formula is C17H23N3O. The van der Waals surface area contributed by atoms with E-state index in [9.17, 15) is 0 Å². The van der Waals surface area contributed by atoms with Crippen molar-refractivity contribution in [2.24, 2.45) is 0 Å². The predicted molar refractivity (Wildman–Crippen MR) is 85.4 cm³/mol. The Labute approximate surface area is 125 Å². The van der Waals surface area contributed by atoms with E-state index < -0.39 is 0 Å². The van der Waals surface area contributed by atoms with Crippen molar-refractivity contribution < 1.29 is 4.74 Å². The molecule has 1 aromatic heterocycles. The molecule has 0 unspecified atom stereocenters. The Morgan fingerprint density at radius 1 is 1.14 bits per heavy atom. The summed E-state index contributed by atoms with van der Waals surface area (Å²) in [5.41, 5.74) is 8.18. The first-order valence-electron chi connectivity index (χ1n) is 7.77. The van der Waals surface area contributed by atoms with Crippen LogP contribution in [0.4, 0.5) is 5.82 Å². The summed E-state index contributed by atoms with van der Waals surface area (Å²) in [5.74, 6) is 1.61. The quantitative estimate of drug-likeness (QED) is 0.866. The fourth-order valence-corrected chi connectivity index (χ4v) is 3.13. The minimum Gasteiger partial charge on any atom is -0.497 e. The Morgan fingerprint density at radius 2 is 1.90 bits per heavy atom. The summed E-state index contributed by atoms with van der Waals surface area (Å²) in [6.07, 6.45) is 7.59. The maximum atomic E-state index is 6.20. The molecule has 3 rings (SSSR count). The molecule has 4 nitrogen and oxygen atoms in total. The van der Waals surface area contributed by atoms with E-state index in [-0.39, 0.29) is 0 Å². The number of hydrogen-bond donors (Lipinski definition) is 1. The second-order valence-corrected chi connectivity index (χ2v) is 5.78. The molecule has 21 heavy (non-hydrogen) atoms. The number of aromatic nitrogens is 2. The van der Waals surface area contributed by atoms with Crippen molar-refractivity contribution in [3.63, 3.8) is 0 Å². The average molecular weight is 285 g/mol. The van der Waals surface area contributed by atoms with Gasteiger partial charge in [0.2, 0.25) is 0 Å². The molecular weight excluding hydrogens is 262 g/mol. The highest BCUT2D eigenvalue weighted by Crippen LogP contribution is 2.31. The molecule has 2 N–H and O–H groups in total. The molecule has 1 heterocycles. The number of methoxy groups -OCH3 is 1. The summed E-state index contributed by atoms with van der Waals surface area (Å²) in [6.45, 7) is 0. The van der Waals surface area contributed by atoms with Crippen molar-refractivity contribution in [1.29, 1.82) is 0 Å². The van der Waals surface area contributed by atoms with Gasteiger partial charge in [-0.25, -0.2) is 4.68 Å². The molecule has 1 aliphatic rings. The molecule has 1 aliphatic carbocycles. The Kier molecular flexibility index (Phi) is 4.13. The smallest absolute Gasteiger partial charge is 0.122 e. The van der Waals surface area contributed by atoms with E-state index in [1.165, 1.54) is 38.5 Å². The van der Waals surface area contributed by atoms with Crippen molar-refractivity contribution in [2.75, 3.05) is 12.8 Å². The van der Waals surface area contributed by atoms with Crippen molar-refractivity contribution in [3.05, 3.63) is 30.3 Å². The predicted octanol–water partition coefficient (Wildman–Crippen LogP) is 4.04. The molecule has 4 heteroatoms. The van der Waals surface area contributed by atoms with Crippen LogP contribution in [0.3, 0.4) is 0 Å². The topological polar surface area (TPSA) is 53.1 Å². The lowest BCUT2D eigenvalue weighted by Gasteiger charge is -2.16. The van der Waals surface area contributed by atoms with Crippen molar-refractivity contribution in [1.82, 2.24) is 9.78 Å². The minimum atomic E-state index is 0.451. The maximum absolute atomic E-state index is 6.20. The van der Waals surface area contributed by atoms with Crippen LogP contribution in [0.25, 0.3) is 11.3 Å². The van der Waals surface area contributed by atoms with E-state index >= 15 is 0 Å². The average Bonchev–Trinajstić information content (AvgIpc) is 2.74. The molecule has 0 aliphatic heterocycles. The monoisotopic (exact) mass is 285 g/mol. The van der Waals surface area contributed by atoms with Crippen LogP contribution in [0.5, 0.6) is 5.75 Å². The van der Waals surface area contributed by atoms with Crippen LogP contribution in [-0.4, -0.2) is 16.9 Å². The number of ether oxygens (including phenoxy) is 1. The molecule has 1 saturated carbocycles. The largest absolute Gasteiger partial charge is 0.497 e. The molecule has 2 aromatic rings. The molecule has 0 atom stereocenters. The summed E-state index contributed by atoms with van der Waals surface area (Å²) >= 11 is 0. The van der Waals surface area contributed by atoms with Crippen LogP contribution in [-0.2, 0) is 0 Å². The summed E-state index contributed by atoms with van der Waals surface area (Å²) in [4.78, 5) is 0. The van der Waals surface area contributed by atoms with E-state index in [4.69, 9.17) is 15.6 Å². The summed E-state index contributed by atoms with van der Waals surface area (Å²) in [5, 5.41) is 4.76. The molecule has 1 fully saturated rings. The van der Waals surface area contributed by atoms with Gasteiger partial charge in [0.1, 0.15) is 11.6 Å². The van der Waals surface area contributed by atoms with Crippen LogP contribution in [0.1, 0.15) is 44.6 Å². The van der Waals surface area contributed by atoms with Gasteiger partial charge in [-0.3, -0.25) is 0 Å². The van der Waals surface area contributed by atoms with Gasteiger partial charge in [-0.1, -0.05) is 37.8 Å². The number of hydrogen-bond acceptors (Lipinski definition) is 3. The molecule has 0 saturated heterocycles. The molecule has 0 spiro atoms. The van der Waals surface area contributed by atoms with E-state index in [2.05, 4.69) is 0 Å². The summed E-state index contributed by atoms with van der Waals surface area (Å²) in [7, 11) is 1.68. The molecule has 0 amide bonds. The second-order valence-electron chi connectivity index (χ2n) is 5.78. The fraction of sp³-hybridized carbons (Fsp3) is 0.471. The lowest BCUT2D eigenvalue weighted by atomic mass is 10.1. The third kappa shape index (κ3) is 3.04. The lowest BCUT2D eigenvalue weighted by molar-refractivity contribution is 0.411. The van der Waals surface area contributed by atoms with Crippen LogP contribution in [0.2, 0.25) is 0 Å². The van der Waals surface area contributed by atoms with E-state index in [1.807, 2.05) is 35.0 Å². The Bertz CT molecular complexity index is 598. The first kappa shape index (κ1) is 14.0. The van der Waals surface area contributed by atoms with Gasteiger partial charge in [-0.15, -0.1) is 0 Å². The van der Waals surface area contributed by atoms with Gasteiger partial charge < -0.3 is 10.5 Å². The fourth-order valence-electron chi connectivity index (χ4n) is 3.13. The summed E-state index contributed by atoms with van der Waals surface area (Å²) in [6, 6.07) is 10.4. The van der Waals surface area contributed by atoms with Crippen molar-refractivity contribution >= 4 is 5.82 Å². The Balaban J connectivity index is 1.89. The van der Waals surface area contributed by atoms with E-state index in [0.29, 0.717) is 6.04 Å². The number of rotatable bonds is 3. The van der Waals surface area contributed by atoms with Crippen LogP contribution in [0, 0.1) is 0 Å². The van der Waals surface area contributed by atoms with Gasteiger partial charge in [-0.05, 0) is 25.0 Å². The van der Waals surface area contributed by atoms with Crippen LogP contribution in [0.15, 0.2) is 30.3 Å². The number of nitrogens with two attached hydrogens (primary N) is 1. The zero-order valence-electron chi connectivity index (χ0n) is 12.6. The highest BCUT2D eigenvalue weighted by Gasteiger charge is 2.18. The van der Waals surface area contributed by atoms with Gasteiger partial charge in [0.15, 0.2) is 0 Å². The third-order valence-electron chi connectivity index (χ3n) is 4.30. The van der Waals surface area contributed by atoms with Gasteiger partial charge >= 0.3 is 0 Å². The van der Waals surface area contributed by atoms with Crippen LogP contribution >= 0.6 is 0 Å². The molecule has 0 radical (unpaired) electrons. The van der Waals surface area contributed by atoms with Crippen molar-refractivity contribution in [3.8, 4) is 17.0 Å². The van der Waals surface area contributed by atoms with Crippen LogP contribution < -0.4 is 10.5 Å². The van der Waals surface area contributed by atoms with Gasteiger partial charge in [0.05, 0.1) is 18.8 Å². The lowest BCUT2D eigenvalue weighted by Crippen LogP contribution is -2.12. The molecule has 0 bridgehead atoms. The normalized spacial score (nSPS) is 16.6. The van der Waals surface area contributed by atoms with E-state index in [0.717, 1.165) is 22.8 Å². The number of anilines is 1. The number of benzene rings is 1. The van der Waals surface area contributed by atoms with E-state index in [1.54, 1.807) is 7.11 Å². The maximum Gasteiger partial charge on any atom is 0.122 e. The van der Waals surface area contributed by atoms with Gasteiger partial charge in [0, 0.05) is 11.6 Å². The highest BCUT2D eigenvalue weighted by molar-refractivity contribution is 5.64. The summed E-state index contributed by atoms with van der Waals surface area (Å²) < 4.78 is 7.31. The third-order valence-corrected chi connectivity index (χ3v) is 4.30. The molecule has 112 valence electrons. The standard InChI is InChI=1S/C17H23N3O/c1-21-15-10-6-7-13(11-15)16-12-17(18)20(19-16)14-8-4-2-3-5-9-14/h6-7,10-12,14H,2-5,8-9,18H2,1H3. The Hall–Kier alpha value is -1.97. The second kappa shape index (κ2) is 6.20. The minimum absolute atomic E-state index is 0.451.